The lowest BCUT2D eigenvalue weighted by molar-refractivity contribution is 0.0727. The fourth-order valence-electron chi connectivity index (χ4n) is 2.14. The third kappa shape index (κ3) is 4.33. The third-order valence-electron chi connectivity index (χ3n) is 3.63. The molecule has 0 bridgehead atoms. The van der Waals surface area contributed by atoms with Gasteiger partial charge >= 0.3 is 7.67 Å². The smallest absolute Gasteiger partial charge is 0.306 e. The Morgan fingerprint density at radius 3 is 2.21 bits per heavy atom. The van der Waals surface area contributed by atoms with Crippen molar-refractivity contribution in [1.82, 2.24) is 9.34 Å². The zero-order valence-electron chi connectivity index (χ0n) is 12.2. The van der Waals surface area contributed by atoms with E-state index < -0.39 is 7.67 Å². The summed E-state index contributed by atoms with van der Waals surface area (Å²) in [6.45, 7) is 8.88. The van der Waals surface area contributed by atoms with Gasteiger partial charge in [-0.05, 0) is 12.5 Å². The normalized spacial score (nSPS) is 29.9. The van der Waals surface area contributed by atoms with Crippen LogP contribution < -0.4 is 0 Å². The monoisotopic (exact) mass is 330 g/mol. The summed E-state index contributed by atoms with van der Waals surface area (Å²) < 4.78 is 22.4. The maximum atomic E-state index is 13.0. The summed E-state index contributed by atoms with van der Waals surface area (Å²) in [4.78, 5) is 0. The average Bonchev–Trinajstić information content (AvgIpc) is 2.31. The summed E-state index contributed by atoms with van der Waals surface area (Å²) in [6, 6.07) is 0. The van der Waals surface area contributed by atoms with Gasteiger partial charge in [0.1, 0.15) is 0 Å². The van der Waals surface area contributed by atoms with E-state index in [0.717, 1.165) is 6.54 Å². The standard InChI is InChI=1S/C12H25Cl2N2O2P/c1-12(2,3)11-9-15(4)19(17,18-10-11)16(7-5-13)8-6-14/h11H,5-10H2,1-4H3/t11-,19-/m1/s1. The predicted molar refractivity (Wildman–Crippen MR) is 82.1 cm³/mol. The first kappa shape index (κ1) is 17.7. The maximum Gasteiger partial charge on any atom is 0.345 e. The lowest BCUT2D eigenvalue weighted by atomic mass is 9.81. The van der Waals surface area contributed by atoms with Gasteiger partial charge in [-0.1, -0.05) is 20.8 Å². The molecule has 114 valence electrons. The SMILES string of the molecule is CN1C[C@@H](C(C)(C)C)CO[P@@]1(=O)N(CCCl)CCCl. The van der Waals surface area contributed by atoms with Crippen molar-refractivity contribution in [1.29, 1.82) is 0 Å². The van der Waals surface area contributed by atoms with Crippen molar-refractivity contribution in [3.63, 3.8) is 0 Å². The van der Waals surface area contributed by atoms with Crippen LogP contribution in [0.2, 0.25) is 0 Å². The van der Waals surface area contributed by atoms with Crippen LogP contribution >= 0.6 is 30.9 Å². The molecule has 0 saturated carbocycles. The fourth-order valence-corrected chi connectivity index (χ4v) is 5.06. The molecule has 0 spiro atoms. The zero-order chi connectivity index (χ0) is 14.7. The van der Waals surface area contributed by atoms with Crippen LogP contribution in [0.1, 0.15) is 20.8 Å². The molecule has 0 radical (unpaired) electrons. The molecule has 1 aliphatic rings. The second-order valence-electron chi connectivity index (χ2n) is 6.02. The van der Waals surface area contributed by atoms with Crippen molar-refractivity contribution in [3.05, 3.63) is 0 Å². The van der Waals surface area contributed by atoms with Crippen molar-refractivity contribution in [2.24, 2.45) is 11.3 Å². The van der Waals surface area contributed by atoms with E-state index in [4.69, 9.17) is 27.7 Å². The predicted octanol–water partition coefficient (Wildman–Crippen LogP) is 3.50. The summed E-state index contributed by atoms with van der Waals surface area (Å²) in [5.74, 6) is 1.20. The fraction of sp³-hybridized carbons (Fsp3) is 1.00. The van der Waals surface area contributed by atoms with Crippen LogP contribution in [0.3, 0.4) is 0 Å². The van der Waals surface area contributed by atoms with Crippen LogP contribution in [0.5, 0.6) is 0 Å². The lowest BCUT2D eigenvalue weighted by Gasteiger charge is -2.45. The summed E-state index contributed by atoms with van der Waals surface area (Å²) in [5.41, 5.74) is 0.142. The zero-order valence-corrected chi connectivity index (χ0v) is 14.6. The van der Waals surface area contributed by atoms with Crippen molar-refractivity contribution in [2.45, 2.75) is 20.8 Å². The maximum absolute atomic E-state index is 13.0. The van der Waals surface area contributed by atoms with Crippen LogP contribution in [0.15, 0.2) is 0 Å². The second-order valence-corrected chi connectivity index (χ2v) is 9.26. The molecule has 1 aliphatic heterocycles. The number of rotatable bonds is 5. The summed E-state index contributed by atoms with van der Waals surface area (Å²) in [6.07, 6.45) is 0. The van der Waals surface area contributed by atoms with Crippen molar-refractivity contribution < 1.29 is 9.09 Å². The van der Waals surface area contributed by atoms with Gasteiger partial charge in [-0.15, -0.1) is 23.2 Å². The summed E-state index contributed by atoms with van der Waals surface area (Å²) in [7, 11) is -1.10. The van der Waals surface area contributed by atoms with Crippen LogP contribution in [-0.2, 0) is 9.09 Å². The summed E-state index contributed by atoms with van der Waals surface area (Å²) in [5, 5.41) is 0. The van der Waals surface area contributed by atoms with Gasteiger partial charge in [0.15, 0.2) is 0 Å². The molecule has 0 aromatic rings. The quantitative estimate of drug-likeness (QED) is 0.570. The largest absolute Gasteiger partial charge is 0.345 e. The third-order valence-corrected chi connectivity index (χ3v) is 6.59. The molecule has 7 heteroatoms. The molecule has 1 rings (SSSR count). The van der Waals surface area contributed by atoms with Gasteiger partial charge in [0.25, 0.3) is 0 Å². The minimum atomic E-state index is -2.96. The second kappa shape index (κ2) is 7.11. The Bertz CT molecular complexity index is 330. The molecule has 0 amide bonds. The van der Waals surface area contributed by atoms with Crippen LogP contribution in [0.4, 0.5) is 0 Å². The number of nitrogens with zero attached hydrogens (tertiary/aromatic N) is 2. The van der Waals surface area contributed by atoms with Gasteiger partial charge in [-0.2, -0.15) is 0 Å². The molecule has 1 fully saturated rings. The average molecular weight is 331 g/mol. The van der Waals surface area contributed by atoms with Crippen LogP contribution in [-0.4, -0.2) is 54.4 Å². The minimum Gasteiger partial charge on any atom is -0.306 e. The molecular formula is C12H25Cl2N2O2P. The number of hydrogen-bond donors (Lipinski definition) is 0. The van der Waals surface area contributed by atoms with E-state index in [2.05, 4.69) is 20.8 Å². The van der Waals surface area contributed by atoms with E-state index >= 15 is 0 Å². The van der Waals surface area contributed by atoms with Gasteiger partial charge in [0, 0.05) is 37.3 Å². The van der Waals surface area contributed by atoms with E-state index in [1.807, 2.05) is 11.7 Å². The molecule has 0 aromatic heterocycles. The van der Waals surface area contributed by atoms with E-state index in [1.54, 1.807) is 4.67 Å². The highest BCUT2D eigenvalue weighted by molar-refractivity contribution is 7.54. The van der Waals surface area contributed by atoms with Gasteiger partial charge < -0.3 is 4.52 Å². The van der Waals surface area contributed by atoms with E-state index in [0.29, 0.717) is 37.4 Å². The molecule has 0 aliphatic carbocycles. The topological polar surface area (TPSA) is 32.8 Å². The molecule has 1 heterocycles. The highest BCUT2D eigenvalue weighted by Crippen LogP contribution is 2.57. The Morgan fingerprint density at radius 1 is 1.32 bits per heavy atom. The lowest BCUT2D eigenvalue weighted by Crippen LogP contribution is -2.44. The summed E-state index contributed by atoms with van der Waals surface area (Å²) >= 11 is 11.6. The Morgan fingerprint density at radius 2 is 1.84 bits per heavy atom. The number of hydrogen-bond acceptors (Lipinski definition) is 2. The van der Waals surface area contributed by atoms with E-state index in [-0.39, 0.29) is 5.41 Å². The van der Waals surface area contributed by atoms with Crippen molar-refractivity contribution in [2.75, 3.05) is 45.0 Å². The molecule has 2 atom stereocenters. The van der Waals surface area contributed by atoms with Crippen molar-refractivity contribution in [3.8, 4) is 0 Å². The first-order chi connectivity index (χ1) is 8.75. The Kier molecular flexibility index (Phi) is 6.63. The molecular weight excluding hydrogens is 306 g/mol. The molecule has 1 saturated heterocycles. The Labute approximate surface area is 126 Å². The van der Waals surface area contributed by atoms with Gasteiger partial charge in [-0.3, -0.25) is 4.57 Å². The first-order valence-electron chi connectivity index (χ1n) is 6.59. The molecule has 0 N–H and O–H groups in total. The molecule has 19 heavy (non-hydrogen) atoms. The Hall–Kier alpha value is 0.690. The van der Waals surface area contributed by atoms with Gasteiger partial charge in [0.2, 0.25) is 0 Å². The number of alkyl halides is 2. The van der Waals surface area contributed by atoms with E-state index in [1.165, 1.54) is 0 Å². The van der Waals surface area contributed by atoms with Crippen LogP contribution in [0.25, 0.3) is 0 Å². The Balaban J connectivity index is 2.81. The van der Waals surface area contributed by atoms with Gasteiger partial charge in [-0.25, -0.2) is 9.34 Å². The molecule has 4 nitrogen and oxygen atoms in total. The van der Waals surface area contributed by atoms with E-state index in [9.17, 15) is 4.57 Å². The van der Waals surface area contributed by atoms with Crippen molar-refractivity contribution >= 4 is 30.9 Å². The first-order valence-corrected chi connectivity index (χ1v) is 9.19. The van der Waals surface area contributed by atoms with Gasteiger partial charge in [0.05, 0.1) is 6.61 Å². The molecule has 0 aromatic carbocycles. The minimum absolute atomic E-state index is 0.142. The highest BCUT2D eigenvalue weighted by atomic mass is 35.5. The number of halogens is 2. The highest BCUT2D eigenvalue weighted by Gasteiger charge is 2.43. The van der Waals surface area contributed by atoms with Crippen LogP contribution in [0, 0.1) is 11.3 Å². The molecule has 0 unspecified atom stereocenters.